The molecule has 1 aromatic heterocycles. The van der Waals surface area contributed by atoms with Gasteiger partial charge in [0.1, 0.15) is 15.9 Å². The Morgan fingerprint density at radius 1 is 1.03 bits per heavy atom. The number of fused-ring (bicyclic) bond motifs is 1. The molecule has 0 fully saturated rings. The van der Waals surface area contributed by atoms with E-state index >= 15 is 0 Å². The lowest BCUT2D eigenvalue weighted by Gasteiger charge is -2.23. The average molecular weight is 417 g/mol. The fourth-order valence-corrected chi connectivity index (χ4v) is 4.05. The minimum absolute atomic E-state index is 0.0689. The number of nitrogens with zero attached hydrogens (tertiary/aromatic N) is 4. The molecule has 1 amide bonds. The molecular formula is C20H24N4O4S. The van der Waals surface area contributed by atoms with Crippen LogP contribution >= 0.6 is 11.8 Å². The molecule has 1 aliphatic heterocycles. The highest BCUT2D eigenvalue weighted by Crippen LogP contribution is 2.40. The van der Waals surface area contributed by atoms with Gasteiger partial charge in [-0.25, -0.2) is 4.98 Å². The Hall–Kier alpha value is -2.81. The van der Waals surface area contributed by atoms with E-state index in [9.17, 15) is 9.59 Å². The van der Waals surface area contributed by atoms with Gasteiger partial charge in [-0.1, -0.05) is 20.8 Å². The van der Waals surface area contributed by atoms with E-state index < -0.39 is 0 Å². The van der Waals surface area contributed by atoms with E-state index in [2.05, 4.69) is 10.1 Å². The Bertz CT molecular complexity index is 983. The van der Waals surface area contributed by atoms with Crippen molar-refractivity contribution in [1.29, 1.82) is 0 Å². The second-order valence-corrected chi connectivity index (χ2v) is 7.21. The molecule has 0 atom stereocenters. The van der Waals surface area contributed by atoms with Crippen molar-refractivity contribution in [2.75, 3.05) is 19.2 Å². The van der Waals surface area contributed by atoms with Crippen LogP contribution < -0.4 is 14.5 Å². The average Bonchev–Trinajstić information content (AvgIpc) is 3.15. The number of amides is 1. The summed E-state index contributed by atoms with van der Waals surface area (Å²) in [6.45, 7) is 5.50. The first-order valence-electron chi connectivity index (χ1n) is 9.45. The molecule has 0 spiro atoms. The molecule has 0 saturated carbocycles. The molecule has 0 radical (unpaired) electrons. The van der Waals surface area contributed by atoms with Crippen molar-refractivity contribution < 1.29 is 19.1 Å². The minimum atomic E-state index is -0.194. The first-order valence-corrected chi connectivity index (χ1v) is 10.3. The predicted molar refractivity (Wildman–Crippen MR) is 112 cm³/mol. The third-order valence-corrected chi connectivity index (χ3v) is 5.58. The molecule has 0 aliphatic carbocycles. The Kier molecular flexibility index (Phi) is 6.26. The molecule has 8 nitrogen and oxygen atoms in total. The third kappa shape index (κ3) is 3.74. The number of hydrogen-bond donors (Lipinski definition) is 0. The summed E-state index contributed by atoms with van der Waals surface area (Å²) < 4.78 is 12.3. The fraction of sp³-hybridized carbons (Fsp3) is 0.400. The van der Waals surface area contributed by atoms with Crippen molar-refractivity contribution in [2.24, 2.45) is 5.10 Å². The van der Waals surface area contributed by atoms with Crippen molar-refractivity contribution in [3.05, 3.63) is 29.6 Å². The van der Waals surface area contributed by atoms with Gasteiger partial charge in [-0.05, 0) is 30.0 Å². The summed E-state index contributed by atoms with van der Waals surface area (Å²) in [5.41, 5.74) is 0.752. The van der Waals surface area contributed by atoms with Crippen LogP contribution in [0.3, 0.4) is 0 Å². The Balaban J connectivity index is 2.16. The molecule has 154 valence electrons. The Labute approximate surface area is 173 Å². The summed E-state index contributed by atoms with van der Waals surface area (Å²) in [6, 6.07) is 5.42. The second kappa shape index (κ2) is 8.69. The van der Waals surface area contributed by atoms with Gasteiger partial charge in [0.2, 0.25) is 11.8 Å². The van der Waals surface area contributed by atoms with Crippen LogP contribution in [-0.4, -0.2) is 40.6 Å². The number of carbonyl (C=O) groups excluding carboxylic acids is 2. The number of ether oxygens (including phenoxy) is 2. The van der Waals surface area contributed by atoms with Crippen molar-refractivity contribution >= 4 is 34.4 Å². The number of hydrazone groups is 1. The Morgan fingerprint density at radius 3 is 2.31 bits per heavy atom. The van der Waals surface area contributed by atoms with Crippen LogP contribution in [0.5, 0.6) is 11.5 Å². The summed E-state index contributed by atoms with van der Waals surface area (Å²) in [5.74, 6) is 1.91. The molecule has 1 aliphatic rings. The van der Waals surface area contributed by atoms with Gasteiger partial charge in [0.25, 0.3) is 0 Å². The lowest BCUT2D eigenvalue weighted by molar-refractivity contribution is -0.118. The standard InChI is InChI=1S/C20H24N4O4S/c1-6-15-21-18-20(23(15)16(25)7-2)29-19(22-24(18)17(26)8-3)12-9-10-13(27-4)14(11-12)28-5/h9-11H,6-8H2,1-5H3. The fourth-order valence-electron chi connectivity index (χ4n) is 2.98. The van der Waals surface area contributed by atoms with E-state index in [4.69, 9.17) is 9.47 Å². The van der Waals surface area contributed by atoms with Gasteiger partial charge in [0.15, 0.2) is 17.3 Å². The molecule has 0 bridgehead atoms. The Morgan fingerprint density at radius 2 is 1.72 bits per heavy atom. The van der Waals surface area contributed by atoms with Crippen molar-refractivity contribution in [2.45, 2.75) is 45.1 Å². The lowest BCUT2D eigenvalue weighted by Crippen LogP contribution is -2.29. The zero-order valence-corrected chi connectivity index (χ0v) is 18.0. The predicted octanol–water partition coefficient (Wildman–Crippen LogP) is 3.72. The van der Waals surface area contributed by atoms with Crippen LogP contribution in [0.4, 0.5) is 5.82 Å². The maximum absolute atomic E-state index is 12.6. The summed E-state index contributed by atoms with van der Waals surface area (Å²) in [4.78, 5) is 29.8. The highest BCUT2D eigenvalue weighted by Gasteiger charge is 2.33. The van der Waals surface area contributed by atoms with E-state index in [0.29, 0.717) is 46.1 Å². The van der Waals surface area contributed by atoms with Gasteiger partial charge in [-0.3, -0.25) is 14.2 Å². The van der Waals surface area contributed by atoms with Crippen LogP contribution in [0.15, 0.2) is 28.3 Å². The van der Waals surface area contributed by atoms with E-state index in [1.807, 2.05) is 13.0 Å². The number of rotatable bonds is 6. The number of anilines is 1. The van der Waals surface area contributed by atoms with Gasteiger partial charge in [0.05, 0.1) is 14.2 Å². The van der Waals surface area contributed by atoms with Crippen LogP contribution in [0.2, 0.25) is 0 Å². The number of thioether (sulfide) groups is 1. The molecule has 2 heterocycles. The van der Waals surface area contributed by atoms with Gasteiger partial charge in [-0.2, -0.15) is 10.1 Å². The maximum atomic E-state index is 12.6. The lowest BCUT2D eigenvalue weighted by atomic mass is 10.2. The van der Waals surface area contributed by atoms with Gasteiger partial charge < -0.3 is 9.47 Å². The van der Waals surface area contributed by atoms with Gasteiger partial charge >= 0.3 is 0 Å². The second-order valence-electron chi connectivity index (χ2n) is 6.23. The quantitative estimate of drug-likeness (QED) is 0.713. The summed E-state index contributed by atoms with van der Waals surface area (Å²) in [6.07, 6.45) is 1.17. The number of aromatic nitrogens is 2. The topological polar surface area (TPSA) is 86.0 Å². The maximum Gasteiger partial charge on any atom is 0.248 e. The number of carbonyl (C=O) groups is 2. The normalized spacial score (nSPS) is 13.0. The minimum Gasteiger partial charge on any atom is -0.493 e. The van der Waals surface area contributed by atoms with Gasteiger partial charge in [0, 0.05) is 24.8 Å². The largest absolute Gasteiger partial charge is 0.493 e. The molecule has 0 saturated heterocycles. The number of methoxy groups -OCH3 is 2. The van der Waals surface area contributed by atoms with Crippen molar-refractivity contribution in [1.82, 2.24) is 9.55 Å². The third-order valence-electron chi connectivity index (χ3n) is 4.51. The molecule has 1 aromatic carbocycles. The number of aryl methyl sites for hydroxylation is 1. The van der Waals surface area contributed by atoms with Gasteiger partial charge in [-0.15, -0.1) is 0 Å². The summed E-state index contributed by atoms with van der Waals surface area (Å²) in [5, 5.41) is 7.03. The SMILES string of the molecule is CCC(=O)N1N=C(c2ccc(OC)c(OC)c2)Sc2c1nc(CC)n2C(=O)CC. The molecule has 3 rings (SSSR count). The molecule has 0 N–H and O–H groups in total. The van der Waals surface area contributed by atoms with Crippen molar-refractivity contribution in [3.8, 4) is 11.5 Å². The summed E-state index contributed by atoms with van der Waals surface area (Å²) in [7, 11) is 3.13. The highest BCUT2D eigenvalue weighted by molar-refractivity contribution is 8.14. The van der Waals surface area contributed by atoms with E-state index in [0.717, 1.165) is 5.56 Å². The van der Waals surface area contributed by atoms with Crippen LogP contribution in [0, 0.1) is 0 Å². The monoisotopic (exact) mass is 416 g/mol. The zero-order chi connectivity index (χ0) is 21.1. The smallest absolute Gasteiger partial charge is 0.248 e. The van der Waals surface area contributed by atoms with E-state index in [1.54, 1.807) is 44.8 Å². The first-order chi connectivity index (χ1) is 14.0. The summed E-state index contributed by atoms with van der Waals surface area (Å²) >= 11 is 1.32. The first kappa shape index (κ1) is 20.9. The van der Waals surface area contributed by atoms with E-state index in [1.165, 1.54) is 16.8 Å². The van der Waals surface area contributed by atoms with Crippen LogP contribution in [0.25, 0.3) is 0 Å². The highest BCUT2D eigenvalue weighted by atomic mass is 32.2. The van der Waals surface area contributed by atoms with Crippen LogP contribution in [0.1, 0.15) is 49.8 Å². The molecule has 0 unspecified atom stereocenters. The number of imidazole rings is 1. The molecule has 9 heteroatoms. The molecule has 2 aromatic rings. The van der Waals surface area contributed by atoms with Crippen LogP contribution in [-0.2, 0) is 11.2 Å². The molecular weight excluding hydrogens is 392 g/mol. The van der Waals surface area contributed by atoms with E-state index in [-0.39, 0.29) is 18.2 Å². The molecule has 29 heavy (non-hydrogen) atoms. The zero-order valence-electron chi connectivity index (χ0n) is 17.2. The van der Waals surface area contributed by atoms with Crippen molar-refractivity contribution in [3.63, 3.8) is 0 Å². The number of benzene rings is 1. The number of hydrogen-bond acceptors (Lipinski definition) is 7.